The van der Waals surface area contributed by atoms with Gasteiger partial charge in [-0.3, -0.25) is 0 Å². The fourth-order valence-corrected chi connectivity index (χ4v) is 3.39. The maximum Gasteiger partial charge on any atom is 0.240 e. The fourth-order valence-electron chi connectivity index (χ4n) is 2.07. The Bertz CT molecular complexity index is 739. The summed E-state index contributed by atoms with van der Waals surface area (Å²) in [5, 5.41) is 0.384. The molecule has 2 rings (SSSR count). The first-order valence-electron chi connectivity index (χ1n) is 6.84. The predicted octanol–water partition coefficient (Wildman–Crippen LogP) is 3.31. The van der Waals surface area contributed by atoms with Crippen molar-refractivity contribution < 1.29 is 13.2 Å². The first-order valence-corrected chi connectivity index (χ1v) is 8.70. The molecule has 0 amide bonds. The van der Waals surface area contributed by atoms with Crippen LogP contribution in [-0.2, 0) is 10.0 Å². The van der Waals surface area contributed by atoms with Crippen molar-refractivity contribution in [3.63, 3.8) is 0 Å². The molecule has 4 nitrogen and oxygen atoms in total. The smallest absolute Gasteiger partial charge is 0.240 e. The third-order valence-electron chi connectivity index (χ3n) is 3.16. The maximum atomic E-state index is 12.1. The lowest BCUT2D eigenvalue weighted by Crippen LogP contribution is -2.28. The molecule has 2 aromatic rings. The van der Waals surface area contributed by atoms with E-state index in [1.807, 2.05) is 32.0 Å². The number of hydrogen-bond acceptors (Lipinski definition) is 3. The molecule has 0 aliphatic rings. The summed E-state index contributed by atoms with van der Waals surface area (Å²) >= 11 is 5.81. The van der Waals surface area contributed by atoms with Crippen LogP contribution in [0.3, 0.4) is 0 Å². The third kappa shape index (κ3) is 4.22. The van der Waals surface area contributed by atoms with Crippen molar-refractivity contribution in [3.8, 4) is 5.75 Å². The molecule has 0 heterocycles. The molecule has 0 aliphatic heterocycles. The van der Waals surface area contributed by atoms with Crippen molar-refractivity contribution in [2.24, 2.45) is 0 Å². The van der Waals surface area contributed by atoms with Crippen LogP contribution >= 0.6 is 11.6 Å². The summed E-state index contributed by atoms with van der Waals surface area (Å²) in [7, 11) is -3.57. The average Bonchev–Trinajstić information content (AvgIpc) is 2.46. The summed E-state index contributed by atoms with van der Waals surface area (Å²) in [6.07, 6.45) is 0. The minimum Gasteiger partial charge on any atom is -0.492 e. The van der Waals surface area contributed by atoms with Gasteiger partial charge in [0.2, 0.25) is 10.0 Å². The molecule has 0 aromatic heterocycles. The number of ether oxygens (including phenoxy) is 1. The molecule has 0 fully saturated rings. The minimum atomic E-state index is -3.57. The summed E-state index contributed by atoms with van der Waals surface area (Å²) in [6.45, 7) is 4.35. The fraction of sp³-hybridized carbons (Fsp3) is 0.250. The minimum absolute atomic E-state index is 0.145. The van der Waals surface area contributed by atoms with Gasteiger partial charge in [-0.25, -0.2) is 13.1 Å². The second-order valence-electron chi connectivity index (χ2n) is 4.92. The van der Waals surface area contributed by atoms with Gasteiger partial charge in [0.05, 0.1) is 4.90 Å². The summed E-state index contributed by atoms with van der Waals surface area (Å²) in [5.74, 6) is 0.796. The van der Waals surface area contributed by atoms with Gasteiger partial charge in [0.25, 0.3) is 0 Å². The highest BCUT2D eigenvalue weighted by Crippen LogP contribution is 2.22. The van der Waals surface area contributed by atoms with E-state index >= 15 is 0 Å². The largest absolute Gasteiger partial charge is 0.492 e. The number of hydrogen-bond donors (Lipinski definition) is 1. The zero-order chi connectivity index (χ0) is 16.2. The molecule has 0 spiro atoms. The van der Waals surface area contributed by atoms with Crippen LogP contribution in [0.1, 0.15) is 11.1 Å². The number of halogens is 1. The summed E-state index contributed by atoms with van der Waals surface area (Å²) in [6, 6.07) is 12.0. The maximum absolute atomic E-state index is 12.1. The molecule has 6 heteroatoms. The summed E-state index contributed by atoms with van der Waals surface area (Å²) in [5.41, 5.74) is 2.05. The summed E-state index contributed by atoms with van der Waals surface area (Å²) in [4.78, 5) is 0.145. The molecule has 0 atom stereocenters. The van der Waals surface area contributed by atoms with Crippen LogP contribution in [0.25, 0.3) is 0 Å². The van der Waals surface area contributed by atoms with Crippen molar-refractivity contribution in [2.75, 3.05) is 13.2 Å². The van der Waals surface area contributed by atoms with E-state index < -0.39 is 10.0 Å². The topological polar surface area (TPSA) is 55.4 Å². The molecule has 0 saturated heterocycles. The Morgan fingerprint density at radius 3 is 2.36 bits per heavy atom. The lowest BCUT2D eigenvalue weighted by molar-refractivity contribution is 0.318. The van der Waals surface area contributed by atoms with Gasteiger partial charge in [0, 0.05) is 11.6 Å². The quantitative estimate of drug-likeness (QED) is 0.821. The monoisotopic (exact) mass is 339 g/mol. The molecule has 0 saturated carbocycles. The van der Waals surface area contributed by atoms with Crippen molar-refractivity contribution in [2.45, 2.75) is 18.7 Å². The second kappa shape index (κ2) is 7.13. The highest BCUT2D eigenvalue weighted by atomic mass is 35.5. The van der Waals surface area contributed by atoms with E-state index in [1.54, 1.807) is 12.1 Å². The molecule has 1 N–H and O–H groups in total. The van der Waals surface area contributed by atoms with Gasteiger partial charge < -0.3 is 4.74 Å². The Hall–Kier alpha value is -1.56. The molecule has 22 heavy (non-hydrogen) atoms. The van der Waals surface area contributed by atoms with Gasteiger partial charge >= 0.3 is 0 Å². The highest BCUT2D eigenvalue weighted by molar-refractivity contribution is 7.89. The number of rotatable bonds is 6. The van der Waals surface area contributed by atoms with E-state index in [0.717, 1.165) is 16.9 Å². The normalized spacial score (nSPS) is 11.4. The second-order valence-corrected chi connectivity index (χ2v) is 7.13. The molecule has 2 aromatic carbocycles. The van der Waals surface area contributed by atoms with Gasteiger partial charge in [-0.2, -0.15) is 0 Å². The Balaban J connectivity index is 1.94. The average molecular weight is 340 g/mol. The number of benzene rings is 2. The molecule has 0 radical (unpaired) electrons. The van der Waals surface area contributed by atoms with Gasteiger partial charge in [0.15, 0.2) is 0 Å². The van der Waals surface area contributed by atoms with E-state index in [9.17, 15) is 8.42 Å². The third-order valence-corrected chi connectivity index (χ3v) is 4.85. The van der Waals surface area contributed by atoms with Crippen LogP contribution in [-0.4, -0.2) is 21.6 Å². The van der Waals surface area contributed by atoms with Gasteiger partial charge in [-0.05, 0) is 43.2 Å². The van der Waals surface area contributed by atoms with Crippen LogP contribution in [0.15, 0.2) is 47.4 Å². The Labute approximate surface area is 136 Å². The lowest BCUT2D eigenvalue weighted by Gasteiger charge is -2.12. The van der Waals surface area contributed by atoms with Crippen LogP contribution in [0.5, 0.6) is 5.75 Å². The molecular weight excluding hydrogens is 322 g/mol. The zero-order valence-electron chi connectivity index (χ0n) is 12.5. The van der Waals surface area contributed by atoms with E-state index in [0.29, 0.717) is 5.02 Å². The van der Waals surface area contributed by atoms with E-state index in [1.165, 1.54) is 12.1 Å². The van der Waals surface area contributed by atoms with Crippen molar-refractivity contribution in [1.82, 2.24) is 4.72 Å². The van der Waals surface area contributed by atoms with Crippen molar-refractivity contribution in [3.05, 3.63) is 58.6 Å². The molecule has 0 aliphatic carbocycles. The predicted molar refractivity (Wildman–Crippen MR) is 88.1 cm³/mol. The number of nitrogens with one attached hydrogen (secondary N) is 1. The molecule has 0 bridgehead atoms. The standard InChI is InChI=1S/C16H18ClNO3S/c1-12-5-3-6-13(2)16(12)21-10-9-18-22(19,20)15-8-4-7-14(17)11-15/h3-8,11,18H,9-10H2,1-2H3. The molecule has 118 valence electrons. The van der Waals surface area contributed by atoms with Crippen molar-refractivity contribution in [1.29, 1.82) is 0 Å². The Morgan fingerprint density at radius 2 is 1.73 bits per heavy atom. The van der Waals surface area contributed by atoms with E-state index in [-0.39, 0.29) is 18.0 Å². The first-order chi connectivity index (χ1) is 10.4. The number of para-hydroxylation sites is 1. The van der Waals surface area contributed by atoms with Gasteiger partial charge in [-0.1, -0.05) is 35.9 Å². The van der Waals surface area contributed by atoms with E-state index in [2.05, 4.69) is 4.72 Å². The number of sulfonamides is 1. The molecule has 0 unspecified atom stereocenters. The number of aryl methyl sites for hydroxylation is 2. The SMILES string of the molecule is Cc1cccc(C)c1OCCNS(=O)(=O)c1cccc(Cl)c1. The lowest BCUT2D eigenvalue weighted by atomic mass is 10.1. The Morgan fingerprint density at radius 1 is 1.09 bits per heavy atom. The van der Waals surface area contributed by atoms with Crippen LogP contribution in [0.4, 0.5) is 0 Å². The zero-order valence-corrected chi connectivity index (χ0v) is 14.0. The molecular formula is C16H18ClNO3S. The first kappa shape index (κ1) is 16.8. The van der Waals surface area contributed by atoms with Gasteiger partial charge in [-0.15, -0.1) is 0 Å². The summed E-state index contributed by atoms with van der Waals surface area (Å²) < 4.78 is 32.4. The Kier molecular flexibility index (Phi) is 5.45. The highest BCUT2D eigenvalue weighted by Gasteiger charge is 2.13. The van der Waals surface area contributed by atoms with Crippen LogP contribution < -0.4 is 9.46 Å². The van der Waals surface area contributed by atoms with Gasteiger partial charge in [0.1, 0.15) is 12.4 Å². The van der Waals surface area contributed by atoms with Crippen molar-refractivity contribution >= 4 is 21.6 Å². The van der Waals surface area contributed by atoms with E-state index in [4.69, 9.17) is 16.3 Å². The van der Waals surface area contributed by atoms with Crippen LogP contribution in [0, 0.1) is 13.8 Å². The van der Waals surface area contributed by atoms with Crippen LogP contribution in [0.2, 0.25) is 5.02 Å².